The Bertz CT molecular complexity index is 1480. The highest BCUT2D eigenvalue weighted by Crippen LogP contribution is 2.32. The van der Waals surface area contributed by atoms with Crippen molar-refractivity contribution in [3.8, 4) is 0 Å². The highest BCUT2D eigenvalue weighted by Gasteiger charge is 2.29. The number of carbonyl (C=O) groups is 1. The van der Waals surface area contributed by atoms with Gasteiger partial charge in [0.1, 0.15) is 5.82 Å². The number of fused-ring (bicyclic) bond motifs is 2. The number of hydrogen-bond donors (Lipinski definition) is 1. The van der Waals surface area contributed by atoms with Crippen LogP contribution in [0, 0.1) is 6.92 Å². The Morgan fingerprint density at radius 2 is 1.82 bits per heavy atom. The minimum absolute atomic E-state index is 0.119. The van der Waals surface area contributed by atoms with Crippen LogP contribution in [0.5, 0.6) is 0 Å². The Kier molecular flexibility index (Phi) is 5.83. The summed E-state index contributed by atoms with van der Waals surface area (Å²) >= 11 is 0. The molecule has 8 heteroatoms. The summed E-state index contributed by atoms with van der Waals surface area (Å²) < 4.78 is 30.4. The Labute approximate surface area is 199 Å². The zero-order valence-electron chi connectivity index (χ0n) is 18.9. The molecular formula is C26H26N4O3S. The van der Waals surface area contributed by atoms with Gasteiger partial charge in [-0.2, -0.15) is 0 Å². The fraction of sp³-hybridized carbons (Fsp3) is 0.231. The van der Waals surface area contributed by atoms with Gasteiger partial charge in [0, 0.05) is 25.2 Å². The van der Waals surface area contributed by atoms with Gasteiger partial charge in [-0.25, -0.2) is 13.4 Å². The second-order valence-corrected chi connectivity index (χ2v) is 10.3. The minimum Gasteiger partial charge on any atom is -0.350 e. The molecule has 0 aliphatic carbocycles. The van der Waals surface area contributed by atoms with E-state index in [0.717, 1.165) is 35.3 Å². The normalized spacial score (nSPS) is 13.6. The number of anilines is 1. The maximum absolute atomic E-state index is 13.4. The van der Waals surface area contributed by atoms with Crippen molar-refractivity contribution in [1.82, 2.24) is 14.9 Å². The lowest BCUT2D eigenvalue weighted by atomic mass is 10.0. The van der Waals surface area contributed by atoms with E-state index in [9.17, 15) is 13.2 Å². The average Bonchev–Trinajstić information content (AvgIpc) is 3.18. The standard InChI is InChI=1S/C26H26N4O3S/c1-19-28-23-12-3-5-14-25(23)29(19)17-15-27-26(31)21-9-6-11-22(18-21)34(32,33)30-16-7-10-20-8-2-4-13-24(20)30/h2-6,8-9,11-14,18H,7,10,15-17H2,1H3,(H,27,31). The van der Waals surface area contributed by atoms with Crippen LogP contribution in [0.1, 0.15) is 28.2 Å². The van der Waals surface area contributed by atoms with E-state index < -0.39 is 10.0 Å². The summed E-state index contributed by atoms with van der Waals surface area (Å²) in [4.78, 5) is 17.5. The number of carbonyl (C=O) groups excluding carboxylic acids is 1. The molecule has 0 saturated carbocycles. The highest BCUT2D eigenvalue weighted by atomic mass is 32.2. The molecule has 0 bridgehead atoms. The first kappa shape index (κ1) is 22.2. The van der Waals surface area contributed by atoms with Crippen molar-refractivity contribution in [2.45, 2.75) is 31.2 Å². The Hall–Kier alpha value is -3.65. The first-order valence-electron chi connectivity index (χ1n) is 11.4. The van der Waals surface area contributed by atoms with Gasteiger partial charge in [-0.1, -0.05) is 36.4 Å². The SMILES string of the molecule is Cc1nc2ccccc2n1CCNC(=O)c1cccc(S(=O)(=O)N2CCCc3ccccc32)c1. The number of para-hydroxylation sites is 3. The number of hydrogen-bond acceptors (Lipinski definition) is 4. The summed E-state index contributed by atoms with van der Waals surface area (Å²) in [7, 11) is -3.78. The van der Waals surface area contributed by atoms with Crippen LogP contribution in [0.4, 0.5) is 5.69 Å². The van der Waals surface area contributed by atoms with Crippen molar-refractivity contribution in [2.24, 2.45) is 0 Å². The minimum atomic E-state index is -3.78. The molecule has 0 unspecified atom stereocenters. The summed E-state index contributed by atoms with van der Waals surface area (Å²) in [6.07, 6.45) is 1.62. The lowest BCUT2D eigenvalue weighted by Crippen LogP contribution is -2.35. The van der Waals surface area contributed by atoms with Gasteiger partial charge in [0.25, 0.3) is 15.9 Å². The average molecular weight is 475 g/mol. The molecule has 2 heterocycles. The fourth-order valence-electron chi connectivity index (χ4n) is 4.54. The Morgan fingerprint density at radius 1 is 1.03 bits per heavy atom. The van der Waals surface area contributed by atoms with E-state index in [0.29, 0.717) is 30.9 Å². The van der Waals surface area contributed by atoms with Gasteiger partial charge in [0.2, 0.25) is 0 Å². The molecular weight excluding hydrogens is 448 g/mol. The van der Waals surface area contributed by atoms with Crippen molar-refractivity contribution in [1.29, 1.82) is 0 Å². The molecule has 0 saturated heterocycles. The monoisotopic (exact) mass is 474 g/mol. The number of rotatable bonds is 6. The van der Waals surface area contributed by atoms with Crippen LogP contribution in [0.25, 0.3) is 11.0 Å². The van der Waals surface area contributed by atoms with Crippen molar-refractivity contribution < 1.29 is 13.2 Å². The second kappa shape index (κ2) is 8.95. The number of imidazole rings is 1. The predicted octanol–water partition coefficient (Wildman–Crippen LogP) is 3.92. The van der Waals surface area contributed by atoms with E-state index >= 15 is 0 Å². The topological polar surface area (TPSA) is 84.3 Å². The molecule has 34 heavy (non-hydrogen) atoms. The van der Waals surface area contributed by atoms with Crippen LogP contribution in [0.3, 0.4) is 0 Å². The molecule has 5 rings (SSSR count). The molecule has 4 aromatic rings. The van der Waals surface area contributed by atoms with E-state index in [1.165, 1.54) is 10.4 Å². The summed E-state index contributed by atoms with van der Waals surface area (Å²) in [6, 6.07) is 21.7. The molecule has 1 aromatic heterocycles. The van der Waals surface area contributed by atoms with E-state index in [-0.39, 0.29) is 10.8 Å². The van der Waals surface area contributed by atoms with Gasteiger partial charge >= 0.3 is 0 Å². The van der Waals surface area contributed by atoms with Gasteiger partial charge in [-0.05, 0) is 61.7 Å². The first-order valence-corrected chi connectivity index (χ1v) is 12.8. The zero-order chi connectivity index (χ0) is 23.7. The van der Waals surface area contributed by atoms with Crippen LogP contribution in [-0.2, 0) is 23.0 Å². The predicted molar refractivity (Wildman–Crippen MR) is 133 cm³/mol. The number of nitrogens with one attached hydrogen (secondary N) is 1. The van der Waals surface area contributed by atoms with Crippen molar-refractivity contribution in [3.63, 3.8) is 0 Å². The number of sulfonamides is 1. The zero-order valence-corrected chi connectivity index (χ0v) is 19.8. The Morgan fingerprint density at radius 3 is 2.71 bits per heavy atom. The fourth-order valence-corrected chi connectivity index (χ4v) is 6.12. The van der Waals surface area contributed by atoms with E-state index in [1.807, 2.05) is 55.5 Å². The Balaban J connectivity index is 1.32. The van der Waals surface area contributed by atoms with Crippen LogP contribution in [0.15, 0.2) is 77.7 Å². The largest absolute Gasteiger partial charge is 0.350 e. The summed E-state index contributed by atoms with van der Waals surface area (Å²) in [5.74, 6) is 0.573. The molecule has 3 aromatic carbocycles. The maximum atomic E-state index is 13.4. The third-order valence-corrected chi connectivity index (χ3v) is 8.03. The summed E-state index contributed by atoms with van der Waals surface area (Å²) in [5.41, 5.74) is 3.99. The van der Waals surface area contributed by atoms with Crippen LogP contribution in [-0.4, -0.2) is 37.0 Å². The van der Waals surface area contributed by atoms with E-state index in [4.69, 9.17) is 0 Å². The molecule has 7 nitrogen and oxygen atoms in total. The number of benzene rings is 3. The molecule has 1 amide bonds. The third-order valence-electron chi connectivity index (χ3n) is 6.22. The number of amides is 1. The lowest BCUT2D eigenvalue weighted by molar-refractivity contribution is 0.0952. The van der Waals surface area contributed by atoms with Crippen molar-refractivity contribution in [2.75, 3.05) is 17.4 Å². The van der Waals surface area contributed by atoms with Gasteiger partial charge in [-0.3, -0.25) is 9.10 Å². The van der Waals surface area contributed by atoms with E-state index in [1.54, 1.807) is 18.2 Å². The molecule has 1 N–H and O–H groups in total. The van der Waals surface area contributed by atoms with Crippen molar-refractivity contribution in [3.05, 3.63) is 89.7 Å². The quantitative estimate of drug-likeness (QED) is 0.459. The lowest BCUT2D eigenvalue weighted by Gasteiger charge is -2.30. The first-order chi connectivity index (χ1) is 16.4. The van der Waals surface area contributed by atoms with Gasteiger partial charge in [0.05, 0.1) is 21.6 Å². The third kappa shape index (κ3) is 4.05. The highest BCUT2D eigenvalue weighted by molar-refractivity contribution is 7.92. The maximum Gasteiger partial charge on any atom is 0.264 e. The molecule has 0 spiro atoms. The number of nitrogens with zero attached hydrogens (tertiary/aromatic N) is 3. The molecule has 0 atom stereocenters. The smallest absolute Gasteiger partial charge is 0.264 e. The molecule has 0 fully saturated rings. The summed E-state index contributed by atoms with van der Waals surface area (Å²) in [6.45, 7) is 3.33. The molecule has 0 radical (unpaired) electrons. The van der Waals surface area contributed by atoms with Crippen LogP contribution < -0.4 is 9.62 Å². The summed E-state index contributed by atoms with van der Waals surface area (Å²) in [5, 5.41) is 2.91. The molecule has 174 valence electrons. The van der Waals surface area contributed by atoms with Gasteiger partial charge in [-0.15, -0.1) is 0 Å². The van der Waals surface area contributed by atoms with Crippen LogP contribution in [0.2, 0.25) is 0 Å². The van der Waals surface area contributed by atoms with Gasteiger partial charge < -0.3 is 9.88 Å². The van der Waals surface area contributed by atoms with Gasteiger partial charge in [0.15, 0.2) is 0 Å². The van der Waals surface area contributed by atoms with Crippen molar-refractivity contribution >= 4 is 32.7 Å². The molecule has 1 aliphatic heterocycles. The van der Waals surface area contributed by atoms with Crippen LogP contribution >= 0.6 is 0 Å². The van der Waals surface area contributed by atoms with E-state index in [2.05, 4.69) is 14.9 Å². The number of aryl methyl sites for hydroxylation is 2. The number of aromatic nitrogens is 2. The second-order valence-electron chi connectivity index (χ2n) is 8.39. The molecule has 1 aliphatic rings.